The minimum Gasteiger partial charge on any atom is -0.347 e. The van der Waals surface area contributed by atoms with Crippen molar-refractivity contribution in [1.82, 2.24) is 9.47 Å². The number of rotatable bonds is 4. The van der Waals surface area contributed by atoms with Gasteiger partial charge >= 0.3 is 0 Å². The summed E-state index contributed by atoms with van der Waals surface area (Å²) in [6.07, 6.45) is 2.49. The van der Waals surface area contributed by atoms with Crippen molar-refractivity contribution in [2.24, 2.45) is 7.05 Å². The van der Waals surface area contributed by atoms with E-state index in [1.165, 1.54) is 22.2 Å². The lowest BCUT2D eigenvalue weighted by Gasteiger charge is -2.17. The monoisotopic (exact) mass is 332 g/mol. The molecule has 0 radical (unpaired) electrons. The van der Waals surface area contributed by atoms with E-state index in [9.17, 15) is 4.79 Å². The molecule has 2 heterocycles. The third-order valence-corrected chi connectivity index (χ3v) is 5.42. The number of aryl methyl sites for hydroxylation is 2. The van der Waals surface area contributed by atoms with Crippen molar-refractivity contribution in [3.8, 4) is 0 Å². The molecule has 3 nitrogen and oxygen atoms in total. The fraction of sp³-hybridized carbons (Fsp3) is 0.318. The Balaban J connectivity index is 1.42. The smallest absolute Gasteiger partial charge is 0.222 e. The molecule has 0 spiro atoms. The minimum atomic E-state index is 0.283. The average molecular weight is 332 g/mol. The summed E-state index contributed by atoms with van der Waals surface area (Å²) < 4.78 is 2.29. The molecule has 3 heteroatoms. The maximum Gasteiger partial charge on any atom is 0.222 e. The van der Waals surface area contributed by atoms with E-state index in [4.69, 9.17) is 0 Å². The summed E-state index contributed by atoms with van der Waals surface area (Å²) in [5, 5.41) is 1.29. The normalized spacial score (nSPS) is 17.3. The van der Waals surface area contributed by atoms with Crippen molar-refractivity contribution in [2.45, 2.75) is 25.2 Å². The summed E-state index contributed by atoms with van der Waals surface area (Å²) in [6, 6.07) is 21.0. The number of benzene rings is 2. The van der Waals surface area contributed by atoms with E-state index in [1.807, 2.05) is 23.1 Å². The van der Waals surface area contributed by atoms with Gasteiger partial charge < -0.3 is 9.47 Å². The number of amides is 1. The van der Waals surface area contributed by atoms with Gasteiger partial charge in [-0.2, -0.15) is 0 Å². The summed E-state index contributed by atoms with van der Waals surface area (Å²) in [5.41, 5.74) is 3.85. The van der Waals surface area contributed by atoms with Crippen molar-refractivity contribution in [2.75, 3.05) is 13.1 Å². The Hall–Kier alpha value is -2.55. The first-order valence-corrected chi connectivity index (χ1v) is 9.08. The molecule has 3 aromatic rings. The second-order valence-corrected chi connectivity index (χ2v) is 7.00. The second kappa shape index (κ2) is 6.75. The van der Waals surface area contributed by atoms with Crippen LogP contribution in [0.3, 0.4) is 0 Å². The predicted octanol–water partition coefficient (Wildman–Crippen LogP) is 4.13. The molecule has 1 aliphatic rings. The highest BCUT2D eigenvalue weighted by atomic mass is 16.2. The molecular weight excluding hydrogens is 308 g/mol. The van der Waals surface area contributed by atoms with Crippen LogP contribution in [-0.2, 0) is 18.3 Å². The molecule has 0 aliphatic carbocycles. The fourth-order valence-corrected chi connectivity index (χ4v) is 3.98. The van der Waals surface area contributed by atoms with Gasteiger partial charge in [-0.1, -0.05) is 48.5 Å². The molecule has 1 aliphatic heterocycles. The third-order valence-electron chi connectivity index (χ3n) is 5.42. The molecule has 1 fully saturated rings. The standard InChI is InChI=1S/C22H24N2O/c1-23-20-10-6-5-9-18(20)15-21(23)19-13-14-24(16-19)22(25)12-11-17-7-3-2-4-8-17/h2-10,15,19H,11-14,16H2,1H3. The Labute approximate surface area is 148 Å². The zero-order valence-corrected chi connectivity index (χ0v) is 14.7. The predicted molar refractivity (Wildman–Crippen MR) is 102 cm³/mol. The summed E-state index contributed by atoms with van der Waals surface area (Å²) in [6.45, 7) is 1.72. The van der Waals surface area contributed by atoms with E-state index >= 15 is 0 Å². The van der Waals surface area contributed by atoms with Crippen LogP contribution in [0.4, 0.5) is 0 Å². The average Bonchev–Trinajstić information content (AvgIpc) is 3.26. The molecule has 0 N–H and O–H groups in total. The highest BCUT2D eigenvalue weighted by Crippen LogP contribution is 2.31. The number of nitrogens with zero attached hydrogens (tertiary/aromatic N) is 2. The Morgan fingerprint density at radius 2 is 1.84 bits per heavy atom. The Morgan fingerprint density at radius 3 is 2.64 bits per heavy atom. The van der Waals surface area contributed by atoms with Gasteiger partial charge in [0.2, 0.25) is 5.91 Å². The summed E-state index contributed by atoms with van der Waals surface area (Å²) in [5.74, 6) is 0.725. The number of hydrogen-bond donors (Lipinski definition) is 0. The number of fused-ring (bicyclic) bond motifs is 1. The van der Waals surface area contributed by atoms with E-state index in [2.05, 4.69) is 54.1 Å². The molecule has 1 unspecified atom stereocenters. The largest absolute Gasteiger partial charge is 0.347 e. The zero-order chi connectivity index (χ0) is 17.2. The number of carbonyl (C=O) groups excluding carboxylic acids is 1. The number of carbonyl (C=O) groups is 1. The molecule has 1 atom stereocenters. The van der Waals surface area contributed by atoms with Gasteiger partial charge in [0.25, 0.3) is 0 Å². The van der Waals surface area contributed by atoms with Crippen LogP contribution in [0.5, 0.6) is 0 Å². The number of para-hydroxylation sites is 1. The highest BCUT2D eigenvalue weighted by Gasteiger charge is 2.28. The summed E-state index contributed by atoms with van der Waals surface area (Å²) in [4.78, 5) is 14.6. The van der Waals surface area contributed by atoms with Gasteiger partial charge in [-0.15, -0.1) is 0 Å². The molecule has 1 amide bonds. The Kier molecular flexibility index (Phi) is 4.31. The topological polar surface area (TPSA) is 25.2 Å². The number of hydrogen-bond acceptors (Lipinski definition) is 1. The fourth-order valence-electron chi connectivity index (χ4n) is 3.98. The molecule has 1 aromatic heterocycles. The van der Waals surface area contributed by atoms with E-state index in [-0.39, 0.29) is 5.91 Å². The van der Waals surface area contributed by atoms with E-state index < -0.39 is 0 Å². The van der Waals surface area contributed by atoms with Gasteiger partial charge in [0.15, 0.2) is 0 Å². The van der Waals surface area contributed by atoms with Crippen LogP contribution < -0.4 is 0 Å². The van der Waals surface area contributed by atoms with Crippen LogP contribution in [-0.4, -0.2) is 28.5 Å². The van der Waals surface area contributed by atoms with Gasteiger partial charge in [-0.05, 0) is 35.9 Å². The maximum atomic E-state index is 12.6. The third kappa shape index (κ3) is 3.19. The second-order valence-electron chi connectivity index (χ2n) is 7.00. The zero-order valence-electron chi connectivity index (χ0n) is 14.7. The van der Waals surface area contributed by atoms with Gasteiger partial charge in [0.05, 0.1) is 0 Å². The van der Waals surface area contributed by atoms with Crippen LogP contribution in [0.15, 0.2) is 60.7 Å². The highest BCUT2D eigenvalue weighted by molar-refractivity contribution is 5.81. The van der Waals surface area contributed by atoms with Crippen molar-refractivity contribution < 1.29 is 4.79 Å². The quantitative estimate of drug-likeness (QED) is 0.705. The van der Waals surface area contributed by atoms with Crippen LogP contribution in [0.25, 0.3) is 10.9 Å². The van der Waals surface area contributed by atoms with E-state index in [1.54, 1.807) is 0 Å². The molecule has 128 valence electrons. The number of aromatic nitrogens is 1. The first-order valence-electron chi connectivity index (χ1n) is 9.08. The van der Waals surface area contributed by atoms with E-state index in [0.717, 1.165) is 25.9 Å². The number of likely N-dealkylation sites (tertiary alicyclic amines) is 1. The van der Waals surface area contributed by atoms with Crippen molar-refractivity contribution in [3.05, 3.63) is 71.9 Å². The lowest BCUT2D eigenvalue weighted by Crippen LogP contribution is -2.28. The summed E-state index contributed by atoms with van der Waals surface area (Å²) in [7, 11) is 2.14. The maximum absolute atomic E-state index is 12.6. The summed E-state index contributed by atoms with van der Waals surface area (Å²) >= 11 is 0. The first-order chi connectivity index (χ1) is 12.2. The van der Waals surface area contributed by atoms with Crippen LogP contribution in [0.1, 0.15) is 30.0 Å². The van der Waals surface area contributed by atoms with Gasteiger partial charge in [-0.25, -0.2) is 0 Å². The molecule has 4 rings (SSSR count). The molecule has 0 bridgehead atoms. The SMILES string of the molecule is Cn1c(C2CCN(C(=O)CCc3ccccc3)C2)cc2ccccc21. The van der Waals surface area contributed by atoms with Gasteiger partial charge in [0.1, 0.15) is 0 Å². The van der Waals surface area contributed by atoms with Crippen molar-refractivity contribution in [1.29, 1.82) is 0 Å². The van der Waals surface area contributed by atoms with Gasteiger partial charge in [-0.3, -0.25) is 4.79 Å². The van der Waals surface area contributed by atoms with Crippen molar-refractivity contribution in [3.63, 3.8) is 0 Å². The molecule has 1 saturated heterocycles. The minimum absolute atomic E-state index is 0.283. The Bertz CT molecular complexity index is 881. The first kappa shape index (κ1) is 15.9. The van der Waals surface area contributed by atoms with Crippen LogP contribution in [0, 0.1) is 0 Å². The Morgan fingerprint density at radius 1 is 1.08 bits per heavy atom. The lowest BCUT2D eigenvalue weighted by molar-refractivity contribution is -0.130. The van der Waals surface area contributed by atoms with Crippen molar-refractivity contribution >= 4 is 16.8 Å². The van der Waals surface area contributed by atoms with E-state index in [0.29, 0.717) is 12.3 Å². The molecule has 2 aromatic carbocycles. The molecular formula is C22H24N2O. The molecule has 0 saturated carbocycles. The van der Waals surface area contributed by atoms with Crippen LogP contribution in [0.2, 0.25) is 0 Å². The van der Waals surface area contributed by atoms with Crippen LogP contribution >= 0.6 is 0 Å². The lowest BCUT2D eigenvalue weighted by atomic mass is 10.0. The van der Waals surface area contributed by atoms with Gasteiger partial charge in [0, 0.05) is 43.7 Å². The molecule has 25 heavy (non-hydrogen) atoms.